The maximum atomic E-state index is 12.2. The molecule has 2 atom stereocenters. The van der Waals surface area contributed by atoms with Crippen LogP contribution in [0.1, 0.15) is 44.0 Å². The third-order valence-corrected chi connectivity index (χ3v) is 3.53. The van der Waals surface area contributed by atoms with Crippen molar-refractivity contribution in [2.75, 3.05) is 25.1 Å². The van der Waals surface area contributed by atoms with E-state index < -0.39 is 0 Å². The van der Waals surface area contributed by atoms with Crippen LogP contribution in [-0.4, -0.2) is 30.9 Å². The van der Waals surface area contributed by atoms with Gasteiger partial charge in [0.25, 0.3) is 5.91 Å². The van der Waals surface area contributed by atoms with Gasteiger partial charge in [-0.05, 0) is 37.5 Å². The monoisotopic (exact) mass is 277 g/mol. The molecule has 0 saturated heterocycles. The molecular formula is C16H27N3O. The summed E-state index contributed by atoms with van der Waals surface area (Å²) in [6, 6.07) is 5.70. The Morgan fingerprint density at radius 1 is 1.35 bits per heavy atom. The van der Waals surface area contributed by atoms with E-state index in [1.54, 1.807) is 31.1 Å². The predicted octanol–water partition coefficient (Wildman–Crippen LogP) is 3.21. The van der Waals surface area contributed by atoms with Crippen LogP contribution in [0.25, 0.3) is 0 Å². The van der Waals surface area contributed by atoms with Crippen molar-refractivity contribution in [1.82, 2.24) is 4.90 Å². The van der Waals surface area contributed by atoms with Crippen LogP contribution < -0.4 is 11.1 Å². The highest BCUT2D eigenvalue weighted by atomic mass is 16.2. The number of hydrogen-bond acceptors (Lipinski definition) is 3. The molecule has 1 aromatic rings. The van der Waals surface area contributed by atoms with E-state index in [0.717, 1.165) is 18.5 Å². The first-order valence-corrected chi connectivity index (χ1v) is 7.22. The largest absolute Gasteiger partial charge is 0.399 e. The van der Waals surface area contributed by atoms with E-state index in [0.29, 0.717) is 23.2 Å². The van der Waals surface area contributed by atoms with Gasteiger partial charge in [-0.3, -0.25) is 4.79 Å². The van der Waals surface area contributed by atoms with Gasteiger partial charge in [-0.15, -0.1) is 0 Å². The molecule has 0 bridgehead atoms. The summed E-state index contributed by atoms with van der Waals surface area (Å²) in [5, 5.41) is 3.42. The molecule has 0 aliphatic rings. The zero-order chi connectivity index (χ0) is 15.3. The molecule has 0 heterocycles. The standard InChI is InChI=1S/C16H27N3O/c1-6-11(2)9-12(3)18-15-10-13(17)7-8-14(15)16(20)19(4)5/h7-8,10-12,18H,6,9,17H2,1-5H3. The number of nitrogens with zero attached hydrogens (tertiary/aromatic N) is 1. The molecule has 0 radical (unpaired) electrons. The van der Waals surface area contributed by atoms with E-state index in [1.807, 2.05) is 6.07 Å². The summed E-state index contributed by atoms with van der Waals surface area (Å²) < 4.78 is 0. The number of carbonyl (C=O) groups excluding carboxylic acids is 1. The fourth-order valence-corrected chi connectivity index (χ4v) is 2.20. The Morgan fingerprint density at radius 3 is 2.55 bits per heavy atom. The van der Waals surface area contributed by atoms with Gasteiger partial charge in [0.05, 0.1) is 5.56 Å². The average molecular weight is 277 g/mol. The Hall–Kier alpha value is -1.71. The molecule has 4 heteroatoms. The number of benzene rings is 1. The Labute approximate surface area is 122 Å². The molecule has 0 aliphatic heterocycles. The van der Waals surface area contributed by atoms with Crippen molar-refractivity contribution in [1.29, 1.82) is 0 Å². The SMILES string of the molecule is CCC(C)CC(C)Nc1cc(N)ccc1C(=O)N(C)C. The maximum Gasteiger partial charge on any atom is 0.255 e. The van der Waals surface area contributed by atoms with Crippen molar-refractivity contribution >= 4 is 17.3 Å². The molecule has 4 nitrogen and oxygen atoms in total. The molecule has 0 aromatic heterocycles. The van der Waals surface area contributed by atoms with E-state index in [-0.39, 0.29) is 5.91 Å². The molecule has 1 aromatic carbocycles. The second-order valence-corrected chi connectivity index (χ2v) is 5.80. The first-order valence-electron chi connectivity index (χ1n) is 7.22. The van der Waals surface area contributed by atoms with Crippen molar-refractivity contribution in [2.24, 2.45) is 5.92 Å². The van der Waals surface area contributed by atoms with Crippen LogP contribution in [0.5, 0.6) is 0 Å². The Kier molecular flexibility index (Phi) is 5.86. The first kappa shape index (κ1) is 16.3. The second-order valence-electron chi connectivity index (χ2n) is 5.80. The number of rotatable bonds is 6. The molecule has 0 fully saturated rings. The highest BCUT2D eigenvalue weighted by Gasteiger charge is 2.15. The van der Waals surface area contributed by atoms with Gasteiger partial charge in [-0.1, -0.05) is 20.3 Å². The van der Waals surface area contributed by atoms with Gasteiger partial charge in [0.1, 0.15) is 0 Å². The molecule has 1 rings (SSSR count). The van der Waals surface area contributed by atoms with Crippen molar-refractivity contribution < 1.29 is 4.79 Å². The number of anilines is 2. The number of amides is 1. The summed E-state index contributed by atoms with van der Waals surface area (Å²) >= 11 is 0. The van der Waals surface area contributed by atoms with E-state index in [4.69, 9.17) is 5.73 Å². The number of nitrogens with two attached hydrogens (primary N) is 1. The molecule has 1 amide bonds. The lowest BCUT2D eigenvalue weighted by atomic mass is 9.99. The quantitative estimate of drug-likeness (QED) is 0.785. The summed E-state index contributed by atoms with van der Waals surface area (Å²) in [5.41, 5.74) is 7.99. The molecule has 112 valence electrons. The van der Waals surface area contributed by atoms with Gasteiger partial charge in [-0.2, -0.15) is 0 Å². The fraction of sp³-hybridized carbons (Fsp3) is 0.562. The Balaban J connectivity index is 2.92. The van der Waals surface area contributed by atoms with Crippen LogP contribution in [0.4, 0.5) is 11.4 Å². The third kappa shape index (κ3) is 4.44. The lowest BCUT2D eigenvalue weighted by Crippen LogP contribution is -2.25. The molecule has 0 aliphatic carbocycles. The second kappa shape index (κ2) is 7.17. The van der Waals surface area contributed by atoms with Crippen LogP contribution in [0.15, 0.2) is 18.2 Å². The van der Waals surface area contributed by atoms with E-state index in [9.17, 15) is 4.79 Å². The minimum absolute atomic E-state index is 0.0109. The normalized spacial score (nSPS) is 13.7. The van der Waals surface area contributed by atoms with Crippen LogP contribution >= 0.6 is 0 Å². The van der Waals surface area contributed by atoms with Gasteiger partial charge in [-0.25, -0.2) is 0 Å². The third-order valence-electron chi connectivity index (χ3n) is 3.53. The molecule has 2 unspecified atom stereocenters. The van der Waals surface area contributed by atoms with Crippen molar-refractivity contribution in [3.05, 3.63) is 23.8 Å². The predicted molar refractivity (Wildman–Crippen MR) is 86.0 cm³/mol. The van der Waals surface area contributed by atoms with Crippen LogP contribution in [0, 0.1) is 5.92 Å². The Morgan fingerprint density at radius 2 is 2.00 bits per heavy atom. The lowest BCUT2D eigenvalue weighted by molar-refractivity contribution is 0.0828. The summed E-state index contributed by atoms with van der Waals surface area (Å²) in [6.45, 7) is 6.57. The number of hydrogen-bond donors (Lipinski definition) is 2. The minimum Gasteiger partial charge on any atom is -0.399 e. The summed E-state index contributed by atoms with van der Waals surface area (Å²) in [6.07, 6.45) is 2.23. The van der Waals surface area contributed by atoms with E-state index >= 15 is 0 Å². The van der Waals surface area contributed by atoms with Gasteiger partial charge in [0.2, 0.25) is 0 Å². The number of carbonyl (C=O) groups is 1. The van der Waals surface area contributed by atoms with Crippen LogP contribution in [0.2, 0.25) is 0 Å². The van der Waals surface area contributed by atoms with Gasteiger partial charge >= 0.3 is 0 Å². The summed E-state index contributed by atoms with van der Waals surface area (Å²) in [5.74, 6) is 0.648. The fourth-order valence-electron chi connectivity index (χ4n) is 2.20. The summed E-state index contributed by atoms with van der Waals surface area (Å²) in [7, 11) is 3.51. The van der Waals surface area contributed by atoms with Gasteiger partial charge in [0.15, 0.2) is 0 Å². The molecule has 0 saturated carbocycles. The molecule has 3 N–H and O–H groups in total. The molecule has 0 spiro atoms. The smallest absolute Gasteiger partial charge is 0.255 e. The maximum absolute atomic E-state index is 12.2. The van der Waals surface area contributed by atoms with Crippen molar-refractivity contribution in [3.8, 4) is 0 Å². The van der Waals surface area contributed by atoms with E-state index in [1.165, 1.54) is 0 Å². The van der Waals surface area contributed by atoms with Gasteiger partial charge in [0, 0.05) is 31.5 Å². The minimum atomic E-state index is -0.0109. The van der Waals surface area contributed by atoms with Crippen LogP contribution in [-0.2, 0) is 0 Å². The zero-order valence-electron chi connectivity index (χ0n) is 13.2. The average Bonchev–Trinajstić information content (AvgIpc) is 2.37. The first-order chi connectivity index (χ1) is 9.35. The number of nitrogen functional groups attached to an aromatic ring is 1. The topological polar surface area (TPSA) is 58.4 Å². The molecule has 20 heavy (non-hydrogen) atoms. The Bertz CT molecular complexity index is 457. The molecular weight excluding hydrogens is 250 g/mol. The highest BCUT2D eigenvalue weighted by Crippen LogP contribution is 2.23. The lowest BCUT2D eigenvalue weighted by Gasteiger charge is -2.22. The van der Waals surface area contributed by atoms with E-state index in [2.05, 4.69) is 26.1 Å². The van der Waals surface area contributed by atoms with Crippen molar-refractivity contribution in [3.63, 3.8) is 0 Å². The summed E-state index contributed by atoms with van der Waals surface area (Å²) in [4.78, 5) is 13.8. The zero-order valence-corrected chi connectivity index (χ0v) is 13.2. The van der Waals surface area contributed by atoms with Crippen LogP contribution in [0.3, 0.4) is 0 Å². The van der Waals surface area contributed by atoms with Gasteiger partial charge < -0.3 is 16.0 Å². The number of nitrogens with one attached hydrogen (secondary N) is 1. The highest BCUT2D eigenvalue weighted by molar-refractivity contribution is 6.00. The van der Waals surface area contributed by atoms with Crippen molar-refractivity contribution in [2.45, 2.75) is 39.7 Å².